The van der Waals surface area contributed by atoms with Crippen LogP contribution in [0.25, 0.3) is 0 Å². The first-order valence-electron chi connectivity index (χ1n) is 6.23. The average Bonchev–Trinajstić information content (AvgIpc) is 2.90. The Morgan fingerprint density at radius 1 is 1.38 bits per heavy atom. The van der Waals surface area contributed by atoms with Gasteiger partial charge in [-0.3, -0.25) is 14.7 Å². The second-order valence-corrected chi connectivity index (χ2v) is 7.44. The highest BCUT2D eigenvalue weighted by Gasteiger charge is 2.26. The Morgan fingerprint density at radius 2 is 2.10 bits per heavy atom. The first-order valence-corrected chi connectivity index (χ1v) is 9.32. The molecule has 1 rings (SSSR count). The molecule has 0 aromatic carbocycles. The van der Waals surface area contributed by atoms with Crippen LogP contribution in [0.3, 0.4) is 0 Å². The molecule has 1 aromatic heterocycles. The van der Waals surface area contributed by atoms with Gasteiger partial charge in [0.25, 0.3) is 7.52 Å². The van der Waals surface area contributed by atoms with Gasteiger partial charge in [0.05, 0.1) is 6.07 Å². The summed E-state index contributed by atoms with van der Waals surface area (Å²) in [5.41, 5.74) is 0. The monoisotopic (exact) mass is 358 g/mol. The quantitative estimate of drug-likeness (QED) is 0.274. The van der Waals surface area contributed by atoms with Gasteiger partial charge in [0, 0.05) is 31.5 Å². The number of furan rings is 1. The molecule has 0 saturated carbocycles. The van der Waals surface area contributed by atoms with Gasteiger partial charge in [-0.1, -0.05) is 0 Å². The van der Waals surface area contributed by atoms with Gasteiger partial charge >= 0.3 is 5.88 Å². The van der Waals surface area contributed by atoms with Crippen molar-refractivity contribution in [1.82, 2.24) is 4.67 Å². The van der Waals surface area contributed by atoms with Crippen molar-refractivity contribution in [1.29, 1.82) is 0 Å². The van der Waals surface area contributed by atoms with E-state index in [1.165, 1.54) is 18.8 Å². The first-order chi connectivity index (χ1) is 9.90. The van der Waals surface area contributed by atoms with Crippen molar-refractivity contribution in [2.45, 2.75) is 13.0 Å². The highest BCUT2D eigenvalue weighted by Crippen LogP contribution is 2.47. The Balaban J connectivity index is 2.63. The number of alkyl halides is 2. The molecular formula is C11H17Cl2N2O5P. The predicted molar refractivity (Wildman–Crippen MR) is 81.3 cm³/mol. The number of hydrogen-bond acceptors (Lipinski definition) is 5. The molecule has 0 fully saturated rings. The summed E-state index contributed by atoms with van der Waals surface area (Å²) < 4.78 is 24.5. The van der Waals surface area contributed by atoms with E-state index in [0.717, 1.165) is 0 Å². The van der Waals surface area contributed by atoms with Gasteiger partial charge < -0.3 is 8.94 Å². The number of rotatable bonds is 10. The van der Waals surface area contributed by atoms with Crippen molar-refractivity contribution in [2.24, 2.45) is 0 Å². The zero-order valence-electron chi connectivity index (χ0n) is 11.5. The number of hydrogen-bond donors (Lipinski definition) is 0. The van der Waals surface area contributed by atoms with E-state index in [0.29, 0.717) is 31.3 Å². The van der Waals surface area contributed by atoms with Crippen molar-refractivity contribution in [3.05, 3.63) is 28.0 Å². The van der Waals surface area contributed by atoms with Gasteiger partial charge in [-0.05, 0) is 12.5 Å². The Labute approximate surface area is 132 Å². The highest BCUT2D eigenvalue weighted by molar-refractivity contribution is 7.55. The van der Waals surface area contributed by atoms with Gasteiger partial charge in [0.1, 0.15) is 17.3 Å². The van der Waals surface area contributed by atoms with E-state index in [2.05, 4.69) is 0 Å². The second kappa shape index (κ2) is 8.76. The van der Waals surface area contributed by atoms with Crippen LogP contribution < -0.4 is 0 Å². The Bertz CT molecular complexity index is 511. The van der Waals surface area contributed by atoms with Crippen LogP contribution in [-0.2, 0) is 15.7 Å². The van der Waals surface area contributed by atoms with Crippen molar-refractivity contribution < 1.29 is 18.4 Å². The SMILES string of the molecule is C[P@](=O)(OCc1ccc([N+](=O)[O-])o1)N(CCCl)CCCCl. The molecule has 0 aliphatic rings. The summed E-state index contributed by atoms with van der Waals surface area (Å²) in [6.07, 6.45) is 0.659. The third kappa shape index (κ3) is 5.96. The van der Waals surface area contributed by atoms with Crippen LogP contribution in [0, 0.1) is 10.1 Å². The summed E-state index contributed by atoms with van der Waals surface area (Å²) in [7, 11) is -3.07. The molecule has 0 aliphatic carbocycles. The number of nitrogens with zero attached hydrogens (tertiary/aromatic N) is 2. The zero-order valence-corrected chi connectivity index (χ0v) is 13.9. The molecule has 1 aromatic rings. The number of nitro groups is 1. The molecule has 0 amide bonds. The lowest BCUT2D eigenvalue weighted by molar-refractivity contribution is -0.402. The van der Waals surface area contributed by atoms with E-state index in [1.807, 2.05) is 0 Å². The molecule has 7 nitrogen and oxygen atoms in total. The third-order valence-electron chi connectivity index (χ3n) is 2.68. The van der Waals surface area contributed by atoms with E-state index < -0.39 is 12.4 Å². The molecule has 0 N–H and O–H groups in total. The van der Waals surface area contributed by atoms with Gasteiger partial charge in [-0.15, -0.1) is 23.2 Å². The molecule has 0 aliphatic heterocycles. The average molecular weight is 359 g/mol. The van der Waals surface area contributed by atoms with Crippen LogP contribution in [0.2, 0.25) is 0 Å². The molecule has 21 heavy (non-hydrogen) atoms. The van der Waals surface area contributed by atoms with E-state index in [4.69, 9.17) is 32.1 Å². The van der Waals surface area contributed by atoms with Crippen molar-refractivity contribution in [3.63, 3.8) is 0 Å². The lowest BCUT2D eigenvalue weighted by atomic mass is 10.5. The van der Waals surface area contributed by atoms with E-state index >= 15 is 0 Å². The summed E-state index contributed by atoms with van der Waals surface area (Å²) in [4.78, 5) is 9.86. The van der Waals surface area contributed by atoms with Crippen molar-refractivity contribution in [2.75, 3.05) is 31.5 Å². The Hall–Kier alpha value is -0.590. The van der Waals surface area contributed by atoms with E-state index in [1.54, 1.807) is 4.67 Å². The molecule has 1 atom stereocenters. The van der Waals surface area contributed by atoms with Crippen molar-refractivity contribution in [3.8, 4) is 0 Å². The molecule has 0 spiro atoms. The lowest BCUT2D eigenvalue weighted by Crippen LogP contribution is -2.25. The maximum Gasteiger partial charge on any atom is 0.433 e. The van der Waals surface area contributed by atoms with E-state index in [9.17, 15) is 14.7 Å². The summed E-state index contributed by atoms with van der Waals surface area (Å²) >= 11 is 11.3. The topological polar surface area (TPSA) is 85.8 Å². The van der Waals surface area contributed by atoms with E-state index in [-0.39, 0.29) is 18.3 Å². The molecule has 10 heteroatoms. The fourth-order valence-electron chi connectivity index (χ4n) is 1.62. The molecule has 0 saturated heterocycles. The lowest BCUT2D eigenvalue weighted by Gasteiger charge is -2.27. The molecule has 120 valence electrons. The van der Waals surface area contributed by atoms with Crippen LogP contribution in [0.5, 0.6) is 0 Å². The van der Waals surface area contributed by atoms with Gasteiger partial charge in [-0.25, -0.2) is 4.67 Å². The van der Waals surface area contributed by atoms with Gasteiger partial charge in [0.15, 0.2) is 0 Å². The summed E-state index contributed by atoms with van der Waals surface area (Å²) in [6.45, 7) is 2.28. The summed E-state index contributed by atoms with van der Waals surface area (Å²) in [5.74, 6) is 0.630. The fraction of sp³-hybridized carbons (Fsp3) is 0.636. The minimum absolute atomic E-state index is 0.110. The smallest absolute Gasteiger partial charge is 0.403 e. The van der Waals surface area contributed by atoms with Crippen LogP contribution in [0.1, 0.15) is 12.2 Å². The molecule has 1 heterocycles. The Kier molecular flexibility index (Phi) is 7.70. The van der Waals surface area contributed by atoms with Gasteiger partial charge in [0.2, 0.25) is 0 Å². The molecule has 0 unspecified atom stereocenters. The molecular weight excluding hydrogens is 342 g/mol. The zero-order chi connectivity index (χ0) is 15.9. The maximum absolute atomic E-state index is 12.6. The Morgan fingerprint density at radius 3 is 2.62 bits per heavy atom. The molecule has 0 bridgehead atoms. The minimum Gasteiger partial charge on any atom is -0.403 e. The largest absolute Gasteiger partial charge is 0.433 e. The summed E-state index contributed by atoms with van der Waals surface area (Å²) in [5, 5.41) is 10.5. The van der Waals surface area contributed by atoms with Crippen LogP contribution >= 0.6 is 30.7 Å². The maximum atomic E-state index is 12.6. The minimum atomic E-state index is -3.07. The fourth-order valence-corrected chi connectivity index (χ4v) is 3.56. The standard InChI is InChI=1S/C11H17Cl2N2O5P/c1-21(18,14(8-6-13)7-2-5-12)19-9-10-3-4-11(20-10)15(16)17/h3-4H,2,5-9H2,1H3/t21-/m0/s1. The third-order valence-corrected chi connectivity index (χ3v) is 5.15. The molecule has 0 radical (unpaired) electrons. The summed E-state index contributed by atoms with van der Waals surface area (Å²) in [6, 6.07) is 2.64. The first kappa shape index (κ1) is 18.5. The normalized spacial score (nSPS) is 14.3. The van der Waals surface area contributed by atoms with Gasteiger partial charge in [-0.2, -0.15) is 0 Å². The van der Waals surface area contributed by atoms with Crippen molar-refractivity contribution >= 4 is 36.6 Å². The van der Waals surface area contributed by atoms with Crippen LogP contribution in [0.15, 0.2) is 16.5 Å². The highest BCUT2D eigenvalue weighted by atomic mass is 35.5. The second-order valence-electron chi connectivity index (χ2n) is 4.26. The number of halogens is 2. The van der Waals surface area contributed by atoms with Crippen LogP contribution in [0.4, 0.5) is 5.88 Å². The van der Waals surface area contributed by atoms with Crippen LogP contribution in [-0.4, -0.2) is 41.1 Å². The predicted octanol–water partition coefficient (Wildman–Crippen LogP) is 3.70.